The van der Waals surface area contributed by atoms with E-state index in [2.05, 4.69) is 21.2 Å². The highest BCUT2D eigenvalue weighted by atomic mass is 79.9. The molecule has 1 aromatic rings. The lowest BCUT2D eigenvalue weighted by Gasteiger charge is -2.38. The molecule has 0 unspecified atom stereocenters. The number of amides is 1. The summed E-state index contributed by atoms with van der Waals surface area (Å²) in [7, 11) is -3.01. The topological polar surface area (TPSA) is 66.5 Å². The first-order chi connectivity index (χ1) is 12.4. The van der Waals surface area contributed by atoms with Crippen LogP contribution in [0.15, 0.2) is 22.7 Å². The number of rotatable bonds is 5. The number of hydrogen-bond donors (Lipinski definition) is 1. The van der Waals surface area contributed by atoms with Crippen molar-refractivity contribution in [2.75, 3.05) is 23.4 Å². The lowest BCUT2D eigenvalue weighted by atomic mass is 9.93. The molecule has 1 aliphatic heterocycles. The van der Waals surface area contributed by atoms with E-state index in [0.717, 1.165) is 41.4 Å². The van der Waals surface area contributed by atoms with Gasteiger partial charge in [0.25, 0.3) is 0 Å². The van der Waals surface area contributed by atoms with Gasteiger partial charge in [0.1, 0.15) is 0 Å². The Bertz CT molecular complexity index is 760. The number of aryl methyl sites for hydroxylation is 1. The Labute approximate surface area is 164 Å². The van der Waals surface area contributed by atoms with Gasteiger partial charge in [-0.15, -0.1) is 0 Å². The van der Waals surface area contributed by atoms with E-state index in [4.69, 9.17) is 0 Å². The van der Waals surface area contributed by atoms with Gasteiger partial charge in [0.2, 0.25) is 5.91 Å². The molecule has 1 aromatic carbocycles. The monoisotopic (exact) mass is 442 g/mol. The summed E-state index contributed by atoms with van der Waals surface area (Å²) in [6, 6.07) is 5.98. The fourth-order valence-electron chi connectivity index (χ4n) is 4.09. The van der Waals surface area contributed by atoms with Crippen LogP contribution >= 0.6 is 15.9 Å². The van der Waals surface area contributed by atoms with Crippen molar-refractivity contribution in [3.8, 4) is 0 Å². The van der Waals surface area contributed by atoms with E-state index in [1.165, 1.54) is 6.42 Å². The molecule has 26 heavy (non-hydrogen) atoms. The third-order valence-corrected chi connectivity index (χ3v) is 7.82. The average Bonchev–Trinajstić information content (AvgIpc) is 2.95. The second-order valence-corrected chi connectivity index (χ2v) is 10.6. The maximum absolute atomic E-state index is 13.0. The fraction of sp³-hybridized carbons (Fsp3) is 0.632. The summed E-state index contributed by atoms with van der Waals surface area (Å²) in [5, 5.41) is 3.22. The van der Waals surface area contributed by atoms with Crippen LogP contribution in [0, 0.1) is 6.92 Å². The van der Waals surface area contributed by atoms with Gasteiger partial charge in [-0.25, -0.2) is 8.42 Å². The molecule has 5 nitrogen and oxygen atoms in total. The molecule has 0 bridgehead atoms. The van der Waals surface area contributed by atoms with E-state index in [-0.39, 0.29) is 36.0 Å². The molecule has 0 spiro atoms. The molecule has 1 saturated heterocycles. The predicted octanol–water partition coefficient (Wildman–Crippen LogP) is 3.52. The number of hydrogen-bond acceptors (Lipinski definition) is 4. The summed E-state index contributed by atoms with van der Waals surface area (Å²) in [4.78, 5) is 14.9. The zero-order chi connectivity index (χ0) is 18.7. The maximum Gasteiger partial charge on any atom is 0.242 e. The third-order valence-electron chi connectivity index (χ3n) is 5.41. The molecule has 1 aliphatic carbocycles. The van der Waals surface area contributed by atoms with E-state index in [9.17, 15) is 13.2 Å². The summed E-state index contributed by atoms with van der Waals surface area (Å²) in [6.45, 7) is 2.21. The molecule has 1 saturated carbocycles. The first-order valence-electron chi connectivity index (χ1n) is 9.37. The van der Waals surface area contributed by atoms with Crippen LogP contribution in [0.1, 0.15) is 44.1 Å². The Morgan fingerprint density at radius 2 is 1.92 bits per heavy atom. The van der Waals surface area contributed by atoms with Crippen LogP contribution in [0.2, 0.25) is 0 Å². The SMILES string of the molecule is Cc1ccc(NCC(=O)N(C2CCCCC2)[C@@H]2CCS(=O)(=O)C2)c(Br)c1. The van der Waals surface area contributed by atoms with Crippen molar-refractivity contribution in [1.29, 1.82) is 0 Å². The van der Waals surface area contributed by atoms with Crippen LogP contribution in [-0.4, -0.2) is 49.4 Å². The first-order valence-corrected chi connectivity index (χ1v) is 12.0. The normalized spacial score (nSPS) is 22.9. The molecule has 0 radical (unpaired) electrons. The second-order valence-electron chi connectivity index (χ2n) is 7.49. The van der Waals surface area contributed by atoms with Gasteiger partial charge >= 0.3 is 0 Å². The van der Waals surface area contributed by atoms with E-state index in [1.54, 1.807) is 0 Å². The Balaban J connectivity index is 1.71. The zero-order valence-electron chi connectivity index (χ0n) is 15.2. The lowest BCUT2D eigenvalue weighted by molar-refractivity contribution is -0.134. The summed E-state index contributed by atoms with van der Waals surface area (Å²) < 4.78 is 24.8. The van der Waals surface area contributed by atoms with Gasteiger partial charge in [0.15, 0.2) is 9.84 Å². The Morgan fingerprint density at radius 1 is 1.19 bits per heavy atom. The number of halogens is 1. The molecule has 1 N–H and O–H groups in total. The number of sulfone groups is 1. The molecule has 2 aliphatic rings. The molecule has 144 valence electrons. The molecule has 2 fully saturated rings. The van der Waals surface area contributed by atoms with E-state index >= 15 is 0 Å². The molecule has 0 aromatic heterocycles. The number of carbonyl (C=O) groups is 1. The van der Waals surface area contributed by atoms with E-state index in [0.29, 0.717) is 6.42 Å². The number of carbonyl (C=O) groups excluding carboxylic acids is 1. The first kappa shape index (κ1) is 19.7. The number of benzene rings is 1. The minimum absolute atomic E-state index is 0.00600. The van der Waals surface area contributed by atoms with E-state index in [1.807, 2.05) is 30.0 Å². The van der Waals surface area contributed by atoms with Crippen LogP contribution in [0.4, 0.5) is 5.69 Å². The zero-order valence-corrected chi connectivity index (χ0v) is 17.6. The molecule has 1 amide bonds. The fourth-order valence-corrected chi connectivity index (χ4v) is 6.43. The van der Waals surface area contributed by atoms with Crippen molar-refractivity contribution >= 4 is 37.4 Å². The van der Waals surface area contributed by atoms with Crippen LogP contribution in [0.5, 0.6) is 0 Å². The largest absolute Gasteiger partial charge is 0.375 e. The summed E-state index contributed by atoms with van der Waals surface area (Å²) in [5.74, 6) is 0.320. The highest BCUT2D eigenvalue weighted by molar-refractivity contribution is 9.10. The minimum Gasteiger partial charge on any atom is -0.375 e. The molecule has 7 heteroatoms. The smallest absolute Gasteiger partial charge is 0.242 e. The molecule has 1 atom stereocenters. The highest BCUT2D eigenvalue weighted by Gasteiger charge is 2.38. The van der Waals surface area contributed by atoms with E-state index < -0.39 is 9.84 Å². The number of nitrogens with zero attached hydrogens (tertiary/aromatic N) is 1. The van der Waals surface area contributed by atoms with Gasteiger partial charge in [0, 0.05) is 22.2 Å². The van der Waals surface area contributed by atoms with Gasteiger partial charge in [-0.1, -0.05) is 25.3 Å². The summed E-state index contributed by atoms with van der Waals surface area (Å²) in [6.07, 6.45) is 5.97. The van der Waals surface area contributed by atoms with Gasteiger partial charge < -0.3 is 10.2 Å². The number of anilines is 1. The number of nitrogens with one attached hydrogen (secondary N) is 1. The standard InChI is InChI=1S/C19H27BrN2O3S/c1-14-7-8-18(17(20)11-14)21-12-19(23)22(15-5-3-2-4-6-15)16-9-10-26(24,25)13-16/h7-8,11,15-16,21H,2-6,9-10,12-13H2,1H3/t16-/m1/s1. The van der Waals surface area contributed by atoms with Crippen molar-refractivity contribution in [3.05, 3.63) is 28.2 Å². The highest BCUT2D eigenvalue weighted by Crippen LogP contribution is 2.29. The van der Waals surface area contributed by atoms with Gasteiger partial charge in [-0.2, -0.15) is 0 Å². The van der Waals surface area contributed by atoms with Crippen LogP contribution < -0.4 is 5.32 Å². The Kier molecular flexibility index (Phi) is 6.28. The predicted molar refractivity (Wildman–Crippen MR) is 108 cm³/mol. The second kappa shape index (κ2) is 8.30. The molecular formula is C19H27BrN2O3S. The lowest BCUT2D eigenvalue weighted by Crippen LogP contribution is -2.50. The molecule has 1 heterocycles. The summed E-state index contributed by atoms with van der Waals surface area (Å²) in [5.41, 5.74) is 2.03. The van der Waals surface area contributed by atoms with Crippen molar-refractivity contribution in [3.63, 3.8) is 0 Å². The average molecular weight is 443 g/mol. The van der Waals surface area contributed by atoms with Gasteiger partial charge in [-0.3, -0.25) is 4.79 Å². The Hall–Kier alpha value is -1.08. The van der Waals surface area contributed by atoms with Crippen LogP contribution in [0.25, 0.3) is 0 Å². The quantitative estimate of drug-likeness (QED) is 0.757. The molecular weight excluding hydrogens is 416 g/mol. The Morgan fingerprint density at radius 3 is 2.54 bits per heavy atom. The minimum atomic E-state index is -3.01. The van der Waals surface area contributed by atoms with Crippen molar-refractivity contribution in [1.82, 2.24) is 4.90 Å². The maximum atomic E-state index is 13.0. The third kappa shape index (κ3) is 4.80. The van der Waals surface area contributed by atoms with Crippen LogP contribution in [-0.2, 0) is 14.6 Å². The molecule has 3 rings (SSSR count). The van der Waals surface area contributed by atoms with Crippen molar-refractivity contribution < 1.29 is 13.2 Å². The van der Waals surface area contributed by atoms with Crippen molar-refractivity contribution in [2.24, 2.45) is 0 Å². The van der Waals surface area contributed by atoms with Crippen molar-refractivity contribution in [2.45, 2.75) is 57.5 Å². The van der Waals surface area contributed by atoms with Gasteiger partial charge in [-0.05, 0) is 59.8 Å². The summed E-state index contributed by atoms with van der Waals surface area (Å²) >= 11 is 3.53. The van der Waals surface area contributed by atoms with Crippen LogP contribution in [0.3, 0.4) is 0 Å². The van der Waals surface area contributed by atoms with Gasteiger partial charge in [0.05, 0.1) is 18.1 Å².